The summed E-state index contributed by atoms with van der Waals surface area (Å²) in [5.41, 5.74) is 52.1. The van der Waals surface area contributed by atoms with Crippen molar-refractivity contribution in [2.24, 2.45) is 68.4 Å². The number of hydrogen-bond donors (Lipinski definition) is 21. The van der Waals surface area contributed by atoms with Gasteiger partial charge < -0.3 is 115 Å². The first-order valence-electron chi connectivity index (χ1n) is 36.6. The number of nitrogens with two attached hydrogens (primary N) is 9. The number of nitrogens with one attached hydrogen (secondary N) is 12. The summed E-state index contributed by atoms with van der Waals surface area (Å²) in [4.78, 5) is 234. The zero-order chi connectivity index (χ0) is 83.6. The Labute approximate surface area is 648 Å². The van der Waals surface area contributed by atoms with Gasteiger partial charge in [-0.15, -0.1) is 0 Å². The molecule has 30 N–H and O–H groups in total. The van der Waals surface area contributed by atoms with Crippen molar-refractivity contribution in [1.82, 2.24) is 63.8 Å². The zero-order valence-electron chi connectivity index (χ0n) is 63.4. The Hall–Kier alpha value is -12.2. The van der Waals surface area contributed by atoms with Crippen molar-refractivity contribution in [3.8, 4) is 0 Å². The van der Waals surface area contributed by atoms with Crippen molar-refractivity contribution in [2.45, 2.75) is 197 Å². The van der Waals surface area contributed by atoms with E-state index in [1.54, 1.807) is 119 Å². The van der Waals surface area contributed by atoms with Crippen LogP contribution in [0.2, 0.25) is 0 Å². The van der Waals surface area contributed by atoms with Gasteiger partial charge in [-0.05, 0) is 86.4 Å². The minimum Gasteiger partial charge on any atom is -0.370 e. The van der Waals surface area contributed by atoms with Gasteiger partial charge in [0.25, 0.3) is 0 Å². The zero-order valence-corrected chi connectivity index (χ0v) is 63.4. The number of benzene rings is 3. The standard InChI is InChI=1S/C73H110N22O17/c1-5-41(4)61(72(112)90-47(26-29-54(75)96)64(104)84-38-58(100)86-46(25-17-33-83-73(81)82)65(105)91-50(62(80)102)34-42-18-9-6-10-19-42)95-59(101)39-85-63(103)45(24-15-16-32-74)87-68(108)51(35-43-20-11-7-12-21-43)92-66(106)48(27-30-55(76)97)89-70(110)53(37-57(78)99)93-67(107)49(28-31-56(77)98)88-69(109)52(36-44-22-13-8-14-23-44)94-71(111)60(79)40(2)3/h6-14,18-23,40-41,45-53,60-61H,5,15-17,24-39,74,79H2,1-4H3,(H2,75,96)(H2,76,97)(H2,77,98)(H2,78,99)(H2,80,102)(H,84,104)(H,85,103)(H,86,100)(H,87,108)(H,88,109)(H,89,110)(H,90,112)(H,91,105)(H,92,106)(H,93,107)(H,94,111)(H,95,101)(H4,81,82,83)/t41-,45-,46-,47-,48-,49-,50-,51-,52-,53-,60-,61-/m0/s1. The van der Waals surface area contributed by atoms with E-state index < -0.39 is 231 Å². The third kappa shape index (κ3) is 36.4. The Morgan fingerprint density at radius 2 is 0.705 bits per heavy atom. The summed E-state index contributed by atoms with van der Waals surface area (Å²) >= 11 is 0. The van der Waals surface area contributed by atoms with Crippen LogP contribution in [0.5, 0.6) is 0 Å². The molecule has 3 aromatic rings. The number of primary amides is 5. The second kappa shape index (κ2) is 49.8. The van der Waals surface area contributed by atoms with Gasteiger partial charge in [-0.25, -0.2) is 0 Å². The minimum absolute atomic E-state index is 0.0187. The fourth-order valence-electron chi connectivity index (χ4n) is 11.0. The maximum Gasteiger partial charge on any atom is 0.243 e. The van der Waals surface area contributed by atoms with Gasteiger partial charge in [0.15, 0.2) is 5.96 Å². The summed E-state index contributed by atoms with van der Waals surface area (Å²) in [6.07, 6.45) is -3.45. The number of guanidine groups is 1. The fourth-order valence-corrected chi connectivity index (χ4v) is 11.0. The lowest BCUT2D eigenvalue weighted by Gasteiger charge is -2.28. The third-order valence-electron chi connectivity index (χ3n) is 17.6. The lowest BCUT2D eigenvalue weighted by Crippen LogP contribution is -2.61. The quantitative estimate of drug-likeness (QED) is 0.0142. The van der Waals surface area contributed by atoms with E-state index >= 15 is 0 Å². The van der Waals surface area contributed by atoms with Gasteiger partial charge in [0.1, 0.15) is 60.4 Å². The van der Waals surface area contributed by atoms with Crippen LogP contribution in [0.25, 0.3) is 0 Å². The molecular formula is C73H110N22O17. The molecular weight excluding hydrogens is 1460 g/mol. The van der Waals surface area contributed by atoms with Crippen LogP contribution in [-0.2, 0) is 101 Å². The maximum atomic E-state index is 14.6. The molecule has 0 saturated heterocycles. The molecule has 0 aliphatic heterocycles. The van der Waals surface area contributed by atoms with Gasteiger partial charge in [0.05, 0.1) is 25.6 Å². The van der Waals surface area contributed by atoms with Gasteiger partial charge in [0, 0.05) is 45.1 Å². The third-order valence-corrected chi connectivity index (χ3v) is 17.6. The Bertz CT molecular complexity index is 3720. The van der Waals surface area contributed by atoms with Crippen LogP contribution in [0.1, 0.15) is 128 Å². The molecule has 0 radical (unpaired) electrons. The summed E-state index contributed by atoms with van der Waals surface area (Å²) < 4.78 is 0. The Morgan fingerprint density at radius 1 is 0.366 bits per heavy atom. The molecule has 0 heterocycles. The van der Waals surface area contributed by atoms with Crippen LogP contribution in [0.15, 0.2) is 96.0 Å². The van der Waals surface area contributed by atoms with E-state index in [1.807, 2.05) is 0 Å². The second-order valence-electron chi connectivity index (χ2n) is 27.1. The highest BCUT2D eigenvalue weighted by molar-refractivity contribution is 6.00. The molecule has 12 atom stereocenters. The maximum absolute atomic E-state index is 14.6. The van der Waals surface area contributed by atoms with E-state index in [9.17, 15) is 81.5 Å². The molecule has 112 heavy (non-hydrogen) atoms. The van der Waals surface area contributed by atoms with Crippen LogP contribution in [0.4, 0.5) is 0 Å². The molecule has 0 spiro atoms. The molecule has 39 heteroatoms. The average Bonchev–Trinajstić information content (AvgIpc) is 0.847. The second-order valence-corrected chi connectivity index (χ2v) is 27.1. The molecule has 0 aliphatic rings. The first kappa shape index (κ1) is 94.0. The summed E-state index contributed by atoms with van der Waals surface area (Å²) in [6, 6.07) is 8.82. The lowest BCUT2D eigenvalue weighted by molar-refractivity contribution is -0.136. The van der Waals surface area contributed by atoms with Gasteiger partial charge in [-0.1, -0.05) is 125 Å². The summed E-state index contributed by atoms with van der Waals surface area (Å²) in [6.45, 7) is 5.23. The monoisotopic (exact) mass is 1570 g/mol. The van der Waals surface area contributed by atoms with Crippen molar-refractivity contribution < 1.29 is 81.5 Å². The van der Waals surface area contributed by atoms with Crippen LogP contribution in [0.3, 0.4) is 0 Å². The molecule has 39 nitrogen and oxygen atoms in total. The number of hydrogen-bond acceptors (Lipinski definition) is 20. The predicted octanol–water partition coefficient (Wildman–Crippen LogP) is -6.84. The number of aliphatic imine (C=N–C) groups is 1. The summed E-state index contributed by atoms with van der Waals surface area (Å²) in [7, 11) is 0. The SMILES string of the molecule is CC[C@H](C)[C@H](NC(=O)CNC(=O)[C@H](CCCCN)NC(=O)[C@H](Cc1ccccc1)NC(=O)[C@H](CCC(N)=O)NC(=O)[C@H](CC(N)=O)NC(=O)[C@H](CCC(N)=O)NC(=O)[C@H](Cc1ccccc1)NC(=O)[C@@H](N)C(C)C)C(=O)N[C@@H](CCC(N)=O)C(=O)NCC(=O)N[C@@H](CCCN=C(N)N)C(=O)N[C@@H](Cc1ccccc1)C(N)=O. The van der Waals surface area contributed by atoms with Gasteiger partial charge in [-0.3, -0.25) is 86.5 Å². The molecule has 0 aromatic heterocycles. The molecule has 3 aromatic carbocycles. The Morgan fingerprint density at radius 3 is 1.10 bits per heavy atom. The van der Waals surface area contributed by atoms with Gasteiger partial charge in [-0.2, -0.15) is 0 Å². The lowest BCUT2D eigenvalue weighted by atomic mass is 9.97. The van der Waals surface area contributed by atoms with Crippen molar-refractivity contribution >= 4 is 106 Å². The van der Waals surface area contributed by atoms with E-state index in [0.29, 0.717) is 23.1 Å². The molecule has 0 saturated carbocycles. The largest absolute Gasteiger partial charge is 0.370 e. The average molecular weight is 1570 g/mol. The van der Waals surface area contributed by atoms with E-state index in [-0.39, 0.29) is 76.3 Å². The highest BCUT2D eigenvalue weighted by Gasteiger charge is 2.37. The molecule has 0 aliphatic carbocycles. The highest BCUT2D eigenvalue weighted by atomic mass is 16.2. The summed E-state index contributed by atoms with van der Waals surface area (Å²) in [5.74, 6) is -17.7. The highest BCUT2D eigenvalue weighted by Crippen LogP contribution is 2.15. The predicted molar refractivity (Wildman–Crippen MR) is 409 cm³/mol. The van der Waals surface area contributed by atoms with Gasteiger partial charge >= 0.3 is 0 Å². The first-order chi connectivity index (χ1) is 53.0. The number of carbonyl (C=O) groups is 17. The number of nitrogens with zero attached hydrogens (tertiary/aromatic N) is 1. The van der Waals surface area contributed by atoms with E-state index in [2.05, 4.69) is 68.8 Å². The van der Waals surface area contributed by atoms with Crippen molar-refractivity contribution in [3.05, 3.63) is 108 Å². The Kier molecular flexibility index (Phi) is 41.8. The molecule has 3 rings (SSSR count). The van der Waals surface area contributed by atoms with Crippen LogP contribution in [0, 0.1) is 11.8 Å². The molecule has 0 unspecified atom stereocenters. The van der Waals surface area contributed by atoms with Crippen LogP contribution >= 0.6 is 0 Å². The number of unbranched alkanes of at least 4 members (excludes halogenated alkanes) is 1. The van der Waals surface area contributed by atoms with E-state index in [4.69, 9.17) is 51.6 Å². The normalized spacial score (nSPS) is 14.1. The first-order valence-corrected chi connectivity index (χ1v) is 36.6. The van der Waals surface area contributed by atoms with E-state index in [1.165, 1.54) is 0 Å². The molecule has 17 amide bonds. The fraction of sp³-hybridized carbons (Fsp3) is 0.507. The smallest absolute Gasteiger partial charge is 0.243 e. The number of amides is 17. The van der Waals surface area contributed by atoms with Crippen molar-refractivity contribution in [1.29, 1.82) is 0 Å². The van der Waals surface area contributed by atoms with Crippen LogP contribution < -0.4 is 115 Å². The molecule has 614 valence electrons. The molecule has 0 fully saturated rings. The van der Waals surface area contributed by atoms with Crippen molar-refractivity contribution in [3.63, 3.8) is 0 Å². The van der Waals surface area contributed by atoms with E-state index in [0.717, 1.165) is 0 Å². The van der Waals surface area contributed by atoms with Crippen molar-refractivity contribution in [2.75, 3.05) is 26.2 Å². The van der Waals surface area contributed by atoms with Crippen LogP contribution in [-0.4, -0.2) is 199 Å². The number of rotatable bonds is 53. The number of carbonyl (C=O) groups excluding carboxylic acids is 17. The minimum atomic E-state index is -1.94. The summed E-state index contributed by atoms with van der Waals surface area (Å²) in [5, 5.41) is 29.8. The Balaban J connectivity index is 1.88. The van der Waals surface area contributed by atoms with Gasteiger partial charge in [0.2, 0.25) is 100 Å². The topological polar surface area (TPSA) is 681 Å². The molecule has 0 bridgehead atoms.